The highest BCUT2D eigenvalue weighted by molar-refractivity contribution is 6.07. The highest BCUT2D eigenvalue weighted by atomic mass is 19.4. The number of halogens is 4. The predicted octanol–water partition coefficient (Wildman–Crippen LogP) is 6.13. The summed E-state index contributed by atoms with van der Waals surface area (Å²) in [6.45, 7) is 0. The summed E-state index contributed by atoms with van der Waals surface area (Å²) in [4.78, 5) is 29.7. The van der Waals surface area contributed by atoms with Crippen LogP contribution in [0.5, 0.6) is 0 Å². The van der Waals surface area contributed by atoms with Crippen molar-refractivity contribution in [2.75, 3.05) is 12.4 Å². The standard InChI is InChI=1S/C30H23F4N5O2/c1-37-28(40)19-9-7-17(8-10-19)20-13-26(27(38-16-20)18-5-3-2-4-6-18)39-29(41)22-14-21(25(36)11-12-35)23(15-24(22)31)30(32,33)34/h2-16,35H,36H2,1H3,(H,37,40)(H,39,41). The third-order valence-corrected chi connectivity index (χ3v) is 6.12. The summed E-state index contributed by atoms with van der Waals surface area (Å²) in [5.41, 5.74) is 5.31. The molecular weight excluding hydrogens is 538 g/mol. The molecule has 7 nitrogen and oxygen atoms in total. The Morgan fingerprint density at radius 2 is 1.59 bits per heavy atom. The van der Waals surface area contributed by atoms with E-state index in [0.717, 1.165) is 6.08 Å². The van der Waals surface area contributed by atoms with Crippen LogP contribution >= 0.6 is 0 Å². The van der Waals surface area contributed by atoms with E-state index in [1.165, 1.54) is 7.05 Å². The van der Waals surface area contributed by atoms with Crippen LogP contribution in [0.4, 0.5) is 23.2 Å². The molecule has 0 saturated heterocycles. The van der Waals surface area contributed by atoms with Crippen LogP contribution in [0.25, 0.3) is 28.1 Å². The number of nitrogens with two attached hydrogens (primary N) is 1. The smallest absolute Gasteiger partial charge is 0.398 e. The fourth-order valence-electron chi connectivity index (χ4n) is 4.09. The molecule has 0 aliphatic rings. The van der Waals surface area contributed by atoms with E-state index >= 15 is 0 Å². The number of alkyl halides is 3. The Balaban J connectivity index is 1.80. The van der Waals surface area contributed by atoms with Crippen LogP contribution < -0.4 is 16.4 Å². The Morgan fingerprint density at radius 3 is 2.20 bits per heavy atom. The first-order valence-electron chi connectivity index (χ1n) is 12.1. The largest absolute Gasteiger partial charge is 0.417 e. The number of nitrogens with zero attached hydrogens (tertiary/aromatic N) is 1. The lowest BCUT2D eigenvalue weighted by molar-refractivity contribution is -0.138. The van der Waals surface area contributed by atoms with E-state index in [0.29, 0.717) is 40.2 Å². The van der Waals surface area contributed by atoms with Crippen molar-refractivity contribution in [3.8, 4) is 22.4 Å². The van der Waals surface area contributed by atoms with Crippen molar-refractivity contribution in [3.63, 3.8) is 0 Å². The van der Waals surface area contributed by atoms with Crippen LogP contribution in [0.15, 0.2) is 85.1 Å². The minimum Gasteiger partial charge on any atom is -0.398 e. The number of aromatic nitrogens is 1. The number of carbonyl (C=O) groups is 2. The zero-order valence-corrected chi connectivity index (χ0v) is 21.5. The van der Waals surface area contributed by atoms with Gasteiger partial charge in [0, 0.05) is 47.4 Å². The van der Waals surface area contributed by atoms with Gasteiger partial charge in [-0.2, -0.15) is 13.2 Å². The Hall–Kier alpha value is -5.32. The van der Waals surface area contributed by atoms with Crippen LogP contribution in [-0.4, -0.2) is 30.1 Å². The Bertz CT molecular complexity index is 1650. The molecule has 0 aliphatic carbocycles. The second-order valence-electron chi connectivity index (χ2n) is 8.76. The van der Waals surface area contributed by atoms with E-state index in [9.17, 15) is 27.2 Å². The van der Waals surface area contributed by atoms with E-state index in [1.807, 2.05) is 0 Å². The van der Waals surface area contributed by atoms with Gasteiger partial charge < -0.3 is 21.8 Å². The second kappa shape index (κ2) is 11.8. The molecule has 0 atom stereocenters. The van der Waals surface area contributed by atoms with Crippen LogP contribution in [0.1, 0.15) is 31.8 Å². The molecule has 0 bridgehead atoms. The van der Waals surface area contributed by atoms with E-state index in [4.69, 9.17) is 11.1 Å². The number of hydrogen-bond acceptors (Lipinski definition) is 5. The van der Waals surface area contributed by atoms with Crippen molar-refractivity contribution in [1.82, 2.24) is 10.3 Å². The van der Waals surface area contributed by atoms with Gasteiger partial charge >= 0.3 is 6.18 Å². The van der Waals surface area contributed by atoms with Crippen molar-refractivity contribution in [1.29, 1.82) is 5.41 Å². The van der Waals surface area contributed by atoms with E-state index in [1.54, 1.807) is 66.9 Å². The van der Waals surface area contributed by atoms with Gasteiger partial charge in [-0.05, 0) is 42.0 Å². The lowest BCUT2D eigenvalue weighted by atomic mass is 9.99. The first kappa shape index (κ1) is 28.7. The summed E-state index contributed by atoms with van der Waals surface area (Å²) in [5, 5.41) is 12.2. The zero-order chi connectivity index (χ0) is 29.7. The van der Waals surface area contributed by atoms with Gasteiger partial charge in [-0.1, -0.05) is 42.5 Å². The summed E-state index contributed by atoms with van der Waals surface area (Å²) < 4.78 is 55.8. The Kier molecular flexibility index (Phi) is 8.27. The predicted molar refractivity (Wildman–Crippen MR) is 149 cm³/mol. The van der Waals surface area contributed by atoms with Gasteiger partial charge in [0.15, 0.2) is 0 Å². The van der Waals surface area contributed by atoms with Crippen LogP contribution in [-0.2, 0) is 6.18 Å². The van der Waals surface area contributed by atoms with Crippen molar-refractivity contribution in [2.24, 2.45) is 5.73 Å². The molecule has 1 aromatic heterocycles. The number of nitrogens with one attached hydrogen (secondary N) is 3. The number of benzene rings is 3. The normalized spacial score (nSPS) is 11.6. The number of rotatable bonds is 7. The lowest BCUT2D eigenvalue weighted by Crippen LogP contribution is -2.19. The van der Waals surface area contributed by atoms with Crippen molar-refractivity contribution in [2.45, 2.75) is 6.18 Å². The fourth-order valence-corrected chi connectivity index (χ4v) is 4.09. The van der Waals surface area contributed by atoms with Crippen molar-refractivity contribution in [3.05, 3.63) is 113 Å². The van der Waals surface area contributed by atoms with Gasteiger partial charge in [-0.25, -0.2) is 4.39 Å². The monoisotopic (exact) mass is 561 g/mol. The first-order valence-corrected chi connectivity index (χ1v) is 12.1. The molecule has 0 radical (unpaired) electrons. The van der Waals surface area contributed by atoms with Gasteiger partial charge in [0.1, 0.15) is 5.82 Å². The topological polar surface area (TPSA) is 121 Å². The average molecular weight is 562 g/mol. The number of amides is 2. The zero-order valence-electron chi connectivity index (χ0n) is 21.5. The molecule has 11 heteroatoms. The number of carbonyl (C=O) groups excluding carboxylic acids is 2. The molecule has 41 heavy (non-hydrogen) atoms. The molecule has 0 unspecified atom stereocenters. The van der Waals surface area contributed by atoms with Crippen LogP contribution in [0.2, 0.25) is 0 Å². The van der Waals surface area contributed by atoms with Gasteiger partial charge in [0.25, 0.3) is 11.8 Å². The van der Waals surface area contributed by atoms with Crippen molar-refractivity contribution >= 4 is 29.4 Å². The maximum atomic E-state index is 14.9. The first-order chi connectivity index (χ1) is 19.5. The second-order valence-corrected chi connectivity index (χ2v) is 8.76. The summed E-state index contributed by atoms with van der Waals surface area (Å²) in [5.74, 6) is -2.71. The summed E-state index contributed by atoms with van der Waals surface area (Å²) in [7, 11) is 1.51. The summed E-state index contributed by atoms with van der Waals surface area (Å²) in [6, 6.07) is 17.9. The quantitative estimate of drug-likeness (QED) is 0.160. The maximum absolute atomic E-state index is 14.9. The maximum Gasteiger partial charge on any atom is 0.417 e. The Morgan fingerprint density at radius 1 is 0.902 bits per heavy atom. The lowest BCUT2D eigenvalue weighted by Gasteiger charge is -2.17. The third kappa shape index (κ3) is 6.30. The summed E-state index contributed by atoms with van der Waals surface area (Å²) in [6.07, 6.45) is -1.81. The minimum absolute atomic E-state index is 0.165. The van der Waals surface area contributed by atoms with Gasteiger partial charge in [-0.3, -0.25) is 14.6 Å². The molecule has 0 aliphatic heterocycles. The highest BCUT2D eigenvalue weighted by Crippen LogP contribution is 2.36. The van der Waals surface area contributed by atoms with Crippen LogP contribution in [0.3, 0.4) is 0 Å². The van der Waals surface area contributed by atoms with Gasteiger partial charge in [0.05, 0.1) is 22.5 Å². The van der Waals surface area contributed by atoms with E-state index in [2.05, 4.69) is 15.6 Å². The third-order valence-electron chi connectivity index (χ3n) is 6.12. The summed E-state index contributed by atoms with van der Waals surface area (Å²) >= 11 is 0. The number of hydrogen-bond donors (Lipinski definition) is 4. The van der Waals surface area contributed by atoms with Gasteiger partial charge in [-0.15, -0.1) is 0 Å². The molecule has 3 aromatic carbocycles. The number of anilines is 1. The molecule has 1 heterocycles. The molecule has 0 spiro atoms. The molecule has 0 saturated carbocycles. The SMILES string of the molecule is CNC(=O)c1ccc(-c2cnc(-c3ccccc3)c(NC(=O)c3cc(C(N)=CC=N)c(C(F)(F)F)cc3F)c2)cc1. The molecule has 4 rings (SSSR count). The molecule has 208 valence electrons. The average Bonchev–Trinajstić information content (AvgIpc) is 2.96. The van der Waals surface area contributed by atoms with Crippen molar-refractivity contribution < 1.29 is 27.2 Å². The number of allylic oxidation sites excluding steroid dienone is 1. The molecule has 4 aromatic rings. The molecule has 0 fully saturated rings. The van der Waals surface area contributed by atoms with E-state index < -0.39 is 40.3 Å². The number of pyridine rings is 1. The molecular formula is C30H23F4N5O2. The highest BCUT2D eigenvalue weighted by Gasteiger charge is 2.36. The Labute approximate surface area is 232 Å². The van der Waals surface area contributed by atoms with Crippen LogP contribution in [0, 0.1) is 11.2 Å². The molecule has 5 N–H and O–H groups in total. The molecule has 2 amide bonds. The minimum atomic E-state index is -4.96. The fraction of sp³-hybridized carbons (Fsp3) is 0.0667. The van der Waals surface area contributed by atoms with Gasteiger partial charge in [0.2, 0.25) is 0 Å². The van der Waals surface area contributed by atoms with E-state index in [-0.39, 0.29) is 17.7 Å².